The van der Waals surface area contributed by atoms with Crippen molar-refractivity contribution in [3.8, 4) is 23.0 Å². The largest absolute Gasteiger partial charge is 0.503 e. The molecule has 5 heterocycles. The van der Waals surface area contributed by atoms with Gasteiger partial charge in [-0.2, -0.15) is 0 Å². The number of phenolic OH excluding ortho intramolecular Hbond substituents is 2. The summed E-state index contributed by atoms with van der Waals surface area (Å²) in [7, 11) is 2.79. The van der Waals surface area contributed by atoms with Crippen LogP contribution in [-0.2, 0) is 18.3 Å². The number of nitrogens with one attached hydrogen (secondary N) is 2. The molecule has 1 unspecified atom stereocenters. The molecule has 0 radical (unpaired) electrons. The zero-order chi connectivity index (χ0) is 36.0. The third-order valence-corrected chi connectivity index (χ3v) is 11.7. The number of allylic oxidation sites excluding steroid dienone is 2. The Hall–Kier alpha value is -6.44. The zero-order valence-electron chi connectivity index (χ0n) is 28.1. The molecular weight excluding hydrogens is 668 g/mol. The van der Waals surface area contributed by atoms with Gasteiger partial charge in [-0.15, -0.1) is 0 Å². The molecule has 5 aliphatic rings. The van der Waals surface area contributed by atoms with E-state index in [0.717, 1.165) is 17.7 Å². The summed E-state index contributed by atoms with van der Waals surface area (Å²) in [6.07, 6.45) is 3.29. The lowest BCUT2D eigenvalue weighted by Crippen LogP contribution is -2.34. The molecule has 4 amide bonds. The summed E-state index contributed by atoms with van der Waals surface area (Å²) in [5.74, 6) is -0.989. The lowest BCUT2D eigenvalue weighted by Gasteiger charge is -2.29. The summed E-state index contributed by atoms with van der Waals surface area (Å²) in [5.41, 5.74) is 10.7. The van der Waals surface area contributed by atoms with Gasteiger partial charge >= 0.3 is 6.03 Å². The molecule has 0 bridgehead atoms. The smallest absolute Gasteiger partial charge is 0.319 e. The maximum absolute atomic E-state index is 14.2. The first-order chi connectivity index (χ1) is 25.1. The van der Waals surface area contributed by atoms with Crippen molar-refractivity contribution in [2.45, 2.75) is 24.7 Å². The number of rotatable bonds is 4. The van der Waals surface area contributed by atoms with Crippen LogP contribution in [-0.4, -0.2) is 82.6 Å². The monoisotopic (exact) mass is 700 g/mol. The molecule has 5 aromatic rings. The van der Waals surface area contributed by atoms with E-state index in [4.69, 9.17) is 15.2 Å². The molecule has 1 saturated carbocycles. The number of methoxy groups -OCH3 is 2. The Morgan fingerprint density at radius 1 is 0.846 bits per heavy atom. The molecule has 6 N–H and O–H groups in total. The van der Waals surface area contributed by atoms with Gasteiger partial charge < -0.3 is 45.2 Å². The Morgan fingerprint density at radius 3 is 2.00 bits per heavy atom. The van der Waals surface area contributed by atoms with Gasteiger partial charge in [0, 0.05) is 53.2 Å². The van der Waals surface area contributed by atoms with Crippen LogP contribution >= 0.6 is 0 Å². The minimum absolute atomic E-state index is 0.0670. The average molecular weight is 701 g/mol. The van der Waals surface area contributed by atoms with Crippen LogP contribution in [0.25, 0.3) is 21.8 Å². The number of likely N-dealkylation sites (tertiary alicyclic amines) is 1. The van der Waals surface area contributed by atoms with Crippen LogP contribution < -0.4 is 25.0 Å². The maximum Gasteiger partial charge on any atom is 0.319 e. The predicted molar refractivity (Wildman–Crippen MR) is 189 cm³/mol. The number of phenols is 2. The number of anilines is 2. The molecule has 52 heavy (non-hydrogen) atoms. The number of fused-ring (bicyclic) bond motifs is 7. The number of primary amides is 1. The molecule has 10 rings (SSSR count). The molecule has 2 atom stereocenters. The fraction of sp³-hybridized carbons (Fsp3) is 0.263. The average Bonchev–Trinajstić information content (AvgIpc) is 3.78. The number of nitrogens with two attached hydrogens (primary N) is 1. The second kappa shape index (κ2) is 10.1. The van der Waals surface area contributed by atoms with Crippen molar-refractivity contribution in [3.63, 3.8) is 0 Å². The van der Waals surface area contributed by atoms with Crippen LogP contribution in [0.3, 0.4) is 0 Å². The number of urea groups is 1. The van der Waals surface area contributed by atoms with Crippen molar-refractivity contribution in [2.75, 3.05) is 43.7 Å². The number of carbonyl (C=O) groups is 4. The van der Waals surface area contributed by atoms with E-state index in [-0.39, 0.29) is 81.9 Å². The van der Waals surface area contributed by atoms with Gasteiger partial charge in [-0.3, -0.25) is 19.3 Å². The Labute approximate surface area is 295 Å². The summed E-state index contributed by atoms with van der Waals surface area (Å²) >= 11 is 0. The molecule has 2 aromatic heterocycles. The van der Waals surface area contributed by atoms with E-state index in [9.17, 15) is 29.4 Å². The number of benzene rings is 3. The van der Waals surface area contributed by atoms with Crippen LogP contribution in [0.15, 0.2) is 48.2 Å². The lowest BCUT2D eigenvalue weighted by atomic mass is 9.81. The van der Waals surface area contributed by atoms with Gasteiger partial charge in [-0.1, -0.05) is 24.3 Å². The first kappa shape index (κ1) is 30.4. The Bertz CT molecular complexity index is 2570. The molecule has 1 spiro atoms. The number of nitrogens with zero attached hydrogens (tertiary/aromatic N) is 3. The molecular formula is C38H32N6O8. The molecule has 2 fully saturated rings. The highest BCUT2D eigenvalue weighted by Crippen LogP contribution is 2.66. The first-order valence-corrected chi connectivity index (χ1v) is 17.0. The van der Waals surface area contributed by atoms with Gasteiger partial charge in [0.2, 0.25) is 0 Å². The van der Waals surface area contributed by atoms with Crippen molar-refractivity contribution >= 4 is 56.8 Å². The Balaban J connectivity index is 1.03. The first-order valence-electron chi connectivity index (χ1n) is 17.0. The molecule has 3 aliphatic heterocycles. The van der Waals surface area contributed by atoms with Gasteiger partial charge in [0.1, 0.15) is 11.4 Å². The van der Waals surface area contributed by atoms with Crippen LogP contribution in [0.1, 0.15) is 54.4 Å². The molecule has 1 saturated heterocycles. The van der Waals surface area contributed by atoms with Crippen molar-refractivity contribution in [1.82, 2.24) is 14.9 Å². The Morgan fingerprint density at radius 2 is 1.40 bits per heavy atom. The highest BCUT2D eigenvalue weighted by Gasteiger charge is 2.67. The van der Waals surface area contributed by atoms with Crippen molar-refractivity contribution in [2.24, 2.45) is 11.7 Å². The van der Waals surface area contributed by atoms with Gasteiger partial charge in [0.05, 0.1) is 36.6 Å². The number of H-pyrrole nitrogens is 2. The third-order valence-electron chi connectivity index (χ3n) is 11.7. The fourth-order valence-electron chi connectivity index (χ4n) is 9.42. The second-order valence-corrected chi connectivity index (χ2v) is 14.0. The molecule has 2 aliphatic carbocycles. The highest BCUT2D eigenvalue weighted by atomic mass is 16.5. The van der Waals surface area contributed by atoms with Crippen LogP contribution in [0, 0.1) is 5.92 Å². The minimum atomic E-state index is -0.714. The molecule has 3 aromatic carbocycles. The van der Waals surface area contributed by atoms with Crippen molar-refractivity contribution in [3.05, 3.63) is 81.8 Å². The maximum atomic E-state index is 14.2. The quantitative estimate of drug-likeness (QED) is 0.184. The molecule has 262 valence electrons. The summed E-state index contributed by atoms with van der Waals surface area (Å²) in [6.45, 7) is 0.984. The van der Waals surface area contributed by atoms with Crippen molar-refractivity contribution < 1.29 is 38.9 Å². The number of aromatic amines is 2. The number of ketones is 1. The van der Waals surface area contributed by atoms with Crippen molar-refractivity contribution in [1.29, 1.82) is 0 Å². The number of aromatic nitrogens is 2. The van der Waals surface area contributed by atoms with E-state index in [1.807, 2.05) is 24.3 Å². The van der Waals surface area contributed by atoms with Crippen LogP contribution in [0.2, 0.25) is 0 Å². The number of ether oxygens (including phenoxy) is 2. The third kappa shape index (κ3) is 3.62. The minimum Gasteiger partial charge on any atom is -0.503 e. The summed E-state index contributed by atoms with van der Waals surface area (Å²) in [5, 5.41) is 23.9. The van der Waals surface area contributed by atoms with E-state index < -0.39 is 11.9 Å². The van der Waals surface area contributed by atoms with Gasteiger partial charge in [0.25, 0.3) is 11.8 Å². The lowest BCUT2D eigenvalue weighted by molar-refractivity contribution is 0.0806. The summed E-state index contributed by atoms with van der Waals surface area (Å²) in [4.78, 5) is 64.4. The number of amides is 4. The number of hydrogen-bond donors (Lipinski definition) is 5. The van der Waals surface area contributed by atoms with Gasteiger partial charge in [-0.05, 0) is 54.0 Å². The number of aromatic hydroxyl groups is 2. The normalized spacial score (nSPS) is 20.8. The van der Waals surface area contributed by atoms with Gasteiger partial charge in [-0.25, -0.2) is 4.79 Å². The fourth-order valence-corrected chi connectivity index (χ4v) is 9.42. The SMILES string of the molecule is COc1c(O)c2c(c3cc(C(=O)N4CCc5c4c(O)c(OC)c4[nH]c(C(=O)N6CC7C[C@@]78C6=CC(=O)c6ccccc68)cc54)[nH]c13)CCN2C(N)=O. The highest BCUT2D eigenvalue weighted by molar-refractivity contribution is 6.15. The van der Waals surface area contributed by atoms with Gasteiger partial charge in [0.15, 0.2) is 28.8 Å². The number of hydrogen-bond acceptors (Lipinski definition) is 8. The second-order valence-electron chi connectivity index (χ2n) is 14.0. The molecule has 14 nitrogen and oxygen atoms in total. The number of piperidine rings is 1. The van der Waals surface area contributed by atoms with E-state index >= 15 is 0 Å². The van der Waals surface area contributed by atoms with E-state index in [1.54, 1.807) is 23.1 Å². The summed E-state index contributed by atoms with van der Waals surface area (Å²) in [6, 6.07) is 10.3. The molecule has 14 heteroatoms. The van der Waals surface area contributed by atoms with E-state index in [1.165, 1.54) is 24.0 Å². The van der Waals surface area contributed by atoms with Crippen LogP contribution in [0.5, 0.6) is 23.0 Å². The predicted octanol–water partition coefficient (Wildman–Crippen LogP) is 4.22. The zero-order valence-corrected chi connectivity index (χ0v) is 28.1. The standard InChI is InChI=1S/C38H32N6O8/c1-51-33-27-20(12-24(41-27)36(49)44-15-16-14-38(16)22-6-4-3-5-19(22)25(45)13-26(38)44)17-7-9-42(29(17)31(33)46)35(48)23-11-21-18-8-10-43(37(39)50)30(18)32(47)34(52-2)28(21)40-23/h3-6,11-13,16,40-41,46-47H,7-10,14-15H2,1-2H3,(H2,39,50)/t16?,38-/m1/s1. The van der Waals surface area contributed by atoms with E-state index in [0.29, 0.717) is 57.9 Å². The summed E-state index contributed by atoms with van der Waals surface area (Å²) < 4.78 is 11.2. The topological polar surface area (TPSA) is 195 Å². The Kier molecular flexibility index (Phi) is 5.89. The van der Waals surface area contributed by atoms with E-state index in [2.05, 4.69) is 9.97 Å². The number of carbonyl (C=O) groups excluding carboxylic acids is 4. The van der Waals surface area contributed by atoms with Crippen LogP contribution in [0.4, 0.5) is 16.2 Å².